The number of benzene rings is 2. The van der Waals surface area contributed by atoms with Gasteiger partial charge in [0.1, 0.15) is 17.3 Å². The first-order valence-corrected chi connectivity index (χ1v) is 11.6. The zero-order chi connectivity index (χ0) is 24.1. The van der Waals surface area contributed by atoms with Gasteiger partial charge in [0, 0.05) is 60.9 Å². The van der Waals surface area contributed by atoms with Gasteiger partial charge in [-0.05, 0) is 35.9 Å². The molecule has 1 aliphatic heterocycles. The van der Waals surface area contributed by atoms with Gasteiger partial charge < -0.3 is 19.4 Å². The molecule has 2 fully saturated rings. The largest absolute Gasteiger partial charge is 0.454 e. The molecule has 1 N–H and O–H groups in total. The van der Waals surface area contributed by atoms with E-state index in [2.05, 4.69) is 16.4 Å². The Bertz CT molecular complexity index is 1480. The van der Waals surface area contributed by atoms with Crippen molar-refractivity contribution in [2.45, 2.75) is 6.04 Å². The van der Waals surface area contributed by atoms with Gasteiger partial charge in [0.2, 0.25) is 0 Å². The second kappa shape index (κ2) is 9.30. The lowest BCUT2D eigenvalue weighted by Crippen LogP contribution is -2.21. The van der Waals surface area contributed by atoms with E-state index in [0.29, 0.717) is 40.3 Å². The number of hydrogen-bond donors (Lipinski definition) is 1. The van der Waals surface area contributed by atoms with Crippen molar-refractivity contribution in [3.63, 3.8) is 0 Å². The number of anilines is 1. The van der Waals surface area contributed by atoms with Crippen LogP contribution in [0.3, 0.4) is 0 Å². The van der Waals surface area contributed by atoms with Gasteiger partial charge in [-0.2, -0.15) is 5.26 Å². The average molecular weight is 501 g/mol. The highest BCUT2D eigenvalue weighted by Crippen LogP contribution is 2.46. The third kappa shape index (κ3) is 4.09. The van der Waals surface area contributed by atoms with Crippen LogP contribution in [0.1, 0.15) is 15.9 Å². The third-order valence-electron chi connectivity index (χ3n) is 6.96. The van der Waals surface area contributed by atoms with Gasteiger partial charge in [-0.25, -0.2) is 0 Å². The number of pyridine rings is 1. The summed E-state index contributed by atoms with van der Waals surface area (Å²) in [5.41, 5.74) is 6.10. The number of nitrogens with one attached hydrogen (secondary N) is 1. The van der Waals surface area contributed by atoms with E-state index in [0.717, 1.165) is 41.1 Å². The fourth-order valence-corrected chi connectivity index (χ4v) is 4.91. The topological polar surface area (TPSA) is 91.4 Å². The zero-order valence-electron chi connectivity index (χ0n) is 19.9. The summed E-state index contributed by atoms with van der Waals surface area (Å²) >= 11 is 0. The fourth-order valence-electron chi connectivity index (χ4n) is 4.91. The number of rotatable bonds is 5. The van der Waals surface area contributed by atoms with E-state index in [4.69, 9.17) is 9.15 Å². The summed E-state index contributed by atoms with van der Waals surface area (Å²) in [4.78, 5) is 18.2. The number of nitriles is 1. The third-order valence-corrected chi connectivity index (χ3v) is 6.96. The van der Waals surface area contributed by atoms with Crippen LogP contribution in [-0.4, -0.2) is 49.1 Å². The minimum atomic E-state index is -0.0467. The van der Waals surface area contributed by atoms with Gasteiger partial charge in [-0.3, -0.25) is 9.78 Å². The van der Waals surface area contributed by atoms with E-state index in [1.54, 1.807) is 37.3 Å². The number of amides is 1. The minimum absolute atomic E-state index is 0. The summed E-state index contributed by atoms with van der Waals surface area (Å²) in [5.74, 6) is 1.73. The molecule has 2 aliphatic rings. The number of hydrogen-bond acceptors (Lipinski definition) is 6. The Labute approximate surface area is 215 Å². The minimum Gasteiger partial charge on any atom is -0.454 e. The molecule has 6 rings (SSSR count). The van der Waals surface area contributed by atoms with Crippen LogP contribution in [0.4, 0.5) is 5.69 Å². The van der Waals surface area contributed by atoms with Crippen LogP contribution in [0.25, 0.3) is 33.6 Å². The first-order chi connectivity index (χ1) is 17.0. The molecule has 0 bridgehead atoms. The molecule has 2 aromatic heterocycles. The molecule has 8 heteroatoms. The van der Waals surface area contributed by atoms with Crippen molar-refractivity contribution in [2.75, 3.05) is 32.6 Å². The molecule has 2 unspecified atom stereocenters. The van der Waals surface area contributed by atoms with Crippen LogP contribution in [0.5, 0.6) is 0 Å². The maximum absolute atomic E-state index is 12.2. The van der Waals surface area contributed by atoms with Gasteiger partial charge in [0.05, 0.1) is 24.5 Å². The molecule has 1 amide bonds. The van der Waals surface area contributed by atoms with Crippen molar-refractivity contribution in [1.82, 2.24) is 9.88 Å². The van der Waals surface area contributed by atoms with Crippen LogP contribution in [0.15, 0.2) is 65.2 Å². The molecule has 2 aromatic carbocycles. The van der Waals surface area contributed by atoms with E-state index in [1.165, 1.54) is 0 Å². The number of halogens is 1. The molecule has 4 aromatic rings. The van der Waals surface area contributed by atoms with Crippen molar-refractivity contribution >= 4 is 35.1 Å². The molecule has 0 spiro atoms. The monoisotopic (exact) mass is 500 g/mol. The summed E-state index contributed by atoms with van der Waals surface area (Å²) in [6.45, 7) is 1.60. The van der Waals surface area contributed by atoms with Crippen LogP contribution in [0.2, 0.25) is 0 Å². The van der Waals surface area contributed by atoms with Crippen molar-refractivity contribution in [3.05, 3.63) is 71.9 Å². The zero-order valence-corrected chi connectivity index (χ0v) is 20.7. The number of aromatic nitrogens is 1. The predicted octanol–water partition coefficient (Wildman–Crippen LogP) is 5.21. The number of fused-ring (bicyclic) bond motifs is 2. The number of ether oxygens (including phenoxy) is 1. The molecule has 1 aliphatic carbocycles. The number of nitrogens with zero attached hydrogens (tertiary/aromatic N) is 3. The van der Waals surface area contributed by atoms with Gasteiger partial charge in [-0.15, -0.1) is 12.4 Å². The van der Waals surface area contributed by atoms with E-state index < -0.39 is 0 Å². The molecule has 1 saturated carbocycles. The Morgan fingerprint density at radius 3 is 2.47 bits per heavy atom. The number of furan rings is 1. The normalized spacial score (nSPS) is 19.8. The molecule has 3 heterocycles. The second-order valence-corrected chi connectivity index (χ2v) is 9.37. The lowest BCUT2D eigenvalue weighted by atomic mass is 10.0. The van der Waals surface area contributed by atoms with Crippen molar-refractivity contribution in [2.24, 2.45) is 11.8 Å². The van der Waals surface area contributed by atoms with Crippen molar-refractivity contribution in [3.8, 4) is 28.5 Å². The highest BCUT2D eigenvalue weighted by Gasteiger charge is 2.54. The highest BCUT2D eigenvalue weighted by molar-refractivity contribution is 5.95. The van der Waals surface area contributed by atoms with Crippen molar-refractivity contribution < 1.29 is 13.9 Å². The fraction of sp³-hybridized carbons (Fsp3) is 0.250. The van der Waals surface area contributed by atoms with Crippen LogP contribution in [-0.2, 0) is 4.74 Å². The second-order valence-electron chi connectivity index (χ2n) is 9.37. The summed E-state index contributed by atoms with van der Waals surface area (Å²) in [7, 11) is 3.46. The summed E-state index contributed by atoms with van der Waals surface area (Å²) in [6.07, 6.45) is 1.75. The van der Waals surface area contributed by atoms with E-state index in [1.807, 2.05) is 42.5 Å². The van der Waals surface area contributed by atoms with Gasteiger partial charge in [-0.1, -0.05) is 18.2 Å². The molecule has 1 saturated heterocycles. The average Bonchev–Trinajstić information content (AvgIpc) is 3.24. The Morgan fingerprint density at radius 1 is 1.06 bits per heavy atom. The lowest BCUT2D eigenvalue weighted by Gasteiger charge is -2.12. The first-order valence-electron chi connectivity index (χ1n) is 11.6. The van der Waals surface area contributed by atoms with Gasteiger partial charge in [0.15, 0.2) is 5.58 Å². The molecule has 7 nitrogen and oxygen atoms in total. The summed E-state index contributed by atoms with van der Waals surface area (Å²) in [6, 6.07) is 19.8. The molecule has 36 heavy (non-hydrogen) atoms. The summed E-state index contributed by atoms with van der Waals surface area (Å²) < 4.78 is 11.7. The number of carbonyl (C=O) groups excluding carboxylic acids is 1. The maximum Gasteiger partial charge on any atom is 0.253 e. The summed E-state index contributed by atoms with van der Waals surface area (Å²) in [5, 5.41) is 13.3. The smallest absolute Gasteiger partial charge is 0.253 e. The van der Waals surface area contributed by atoms with Crippen molar-refractivity contribution in [1.29, 1.82) is 5.26 Å². The predicted molar refractivity (Wildman–Crippen MR) is 140 cm³/mol. The first kappa shape index (κ1) is 23.9. The molecule has 2 atom stereocenters. The standard InChI is InChI=1S/C28H24N4O3.ClH/c1-32(2)28(33)17-5-3-16(4-6-17)25-12-24-27(35-25)20(9-10-30-24)18-7-8-23(19(11-18)13-29)31-26-21-14-34-15-22(21)26;/h3-12,21-22,26,31H,14-15H2,1-2H3;1H. The van der Waals surface area contributed by atoms with Crippen LogP contribution < -0.4 is 5.32 Å². The Kier molecular flexibility index (Phi) is 6.17. The van der Waals surface area contributed by atoms with E-state index in [-0.39, 0.29) is 18.3 Å². The lowest BCUT2D eigenvalue weighted by molar-refractivity contribution is 0.0827. The van der Waals surface area contributed by atoms with E-state index >= 15 is 0 Å². The SMILES string of the molecule is CN(C)C(=O)c1ccc(-c2cc3nccc(-c4ccc(NC5C6COCC65)c(C#N)c4)c3o2)cc1.Cl. The Morgan fingerprint density at radius 2 is 1.78 bits per heavy atom. The quantitative estimate of drug-likeness (QED) is 0.404. The van der Waals surface area contributed by atoms with Gasteiger partial charge >= 0.3 is 0 Å². The molecule has 0 radical (unpaired) electrons. The maximum atomic E-state index is 12.2. The Hall–Kier alpha value is -3.86. The molecular weight excluding hydrogens is 476 g/mol. The van der Waals surface area contributed by atoms with E-state index in [9.17, 15) is 10.1 Å². The van der Waals surface area contributed by atoms with Gasteiger partial charge in [0.25, 0.3) is 5.91 Å². The Balaban J connectivity index is 0.00000267. The number of carbonyl (C=O) groups is 1. The van der Waals surface area contributed by atoms with Crippen LogP contribution >= 0.6 is 12.4 Å². The molecule has 182 valence electrons. The van der Waals surface area contributed by atoms with Crippen LogP contribution in [0, 0.1) is 23.2 Å². The molecular formula is C28H25ClN4O3. The highest BCUT2D eigenvalue weighted by atomic mass is 35.5.